The Hall–Kier alpha value is -3.50. The zero-order valence-corrected chi connectivity index (χ0v) is 18.6. The number of carbonyl (C=O) groups is 2. The molecule has 0 saturated carbocycles. The number of nitriles is 1. The summed E-state index contributed by atoms with van der Waals surface area (Å²) in [4.78, 5) is 30.4. The minimum absolute atomic E-state index is 0.455. The van der Waals surface area contributed by atoms with Gasteiger partial charge >= 0.3 is 5.97 Å². The molecule has 1 N–H and O–H groups in total. The van der Waals surface area contributed by atoms with Crippen LogP contribution in [0.4, 0.5) is 5.00 Å². The highest BCUT2D eigenvalue weighted by atomic mass is 32.1. The highest BCUT2D eigenvalue weighted by molar-refractivity contribution is 7.16. The van der Waals surface area contributed by atoms with E-state index in [-0.39, 0.29) is 0 Å². The van der Waals surface area contributed by atoms with Crippen molar-refractivity contribution in [3.05, 3.63) is 64.2 Å². The van der Waals surface area contributed by atoms with Crippen LogP contribution in [0.25, 0.3) is 17.0 Å². The van der Waals surface area contributed by atoms with Gasteiger partial charge in [0.05, 0.1) is 16.8 Å². The summed E-state index contributed by atoms with van der Waals surface area (Å²) in [6, 6.07) is 13.7. The Bertz CT molecular complexity index is 1240. The average molecular weight is 446 g/mol. The van der Waals surface area contributed by atoms with E-state index in [0.717, 1.165) is 48.6 Å². The molecular formula is C25H23N3O3S. The number of nitrogens with zero attached hydrogens (tertiary/aromatic N) is 2. The molecule has 1 aromatic carbocycles. The van der Waals surface area contributed by atoms with Crippen molar-refractivity contribution in [2.45, 2.75) is 45.1 Å². The lowest BCUT2D eigenvalue weighted by atomic mass is 10.1. The average Bonchev–Trinajstić information content (AvgIpc) is 2.96. The van der Waals surface area contributed by atoms with Gasteiger partial charge in [-0.2, -0.15) is 5.26 Å². The molecule has 3 aromatic rings. The van der Waals surface area contributed by atoms with E-state index < -0.39 is 18.0 Å². The maximum absolute atomic E-state index is 12.6. The minimum atomic E-state index is -0.995. The Labute approximate surface area is 190 Å². The Balaban J connectivity index is 1.38. The van der Waals surface area contributed by atoms with Crippen LogP contribution in [0.1, 0.15) is 47.9 Å². The maximum Gasteiger partial charge on any atom is 0.331 e. The molecule has 0 bridgehead atoms. The standard InChI is InChI=1S/C25H23N3O3S/c1-16(24(30)28-25-20(15-26)19-8-3-2-4-10-22(19)32-25)31-23(29)14-13-18-12-11-17-7-5-6-9-21(17)27-18/h5-7,9,11-14,16H,2-4,8,10H2,1H3,(H,28,30)/b14-13+. The Morgan fingerprint density at radius 1 is 1.19 bits per heavy atom. The topological polar surface area (TPSA) is 92.1 Å². The fraction of sp³-hybridized carbons (Fsp3) is 0.280. The molecule has 1 unspecified atom stereocenters. The number of rotatable bonds is 5. The van der Waals surface area contributed by atoms with Crippen molar-refractivity contribution in [3.8, 4) is 6.07 Å². The van der Waals surface area contributed by atoms with Gasteiger partial charge in [0, 0.05) is 16.3 Å². The third-order valence-corrected chi connectivity index (χ3v) is 6.65. The normalized spacial score (nSPS) is 14.4. The van der Waals surface area contributed by atoms with Crippen molar-refractivity contribution < 1.29 is 14.3 Å². The lowest BCUT2D eigenvalue weighted by molar-refractivity contribution is -0.148. The Morgan fingerprint density at radius 2 is 2.00 bits per heavy atom. The largest absolute Gasteiger partial charge is 0.449 e. The van der Waals surface area contributed by atoms with Gasteiger partial charge in [0.1, 0.15) is 11.1 Å². The number of pyridine rings is 1. The monoisotopic (exact) mass is 445 g/mol. The van der Waals surface area contributed by atoms with Crippen molar-refractivity contribution in [1.82, 2.24) is 4.98 Å². The molecule has 6 nitrogen and oxygen atoms in total. The number of nitrogens with one attached hydrogen (secondary N) is 1. The minimum Gasteiger partial charge on any atom is -0.449 e. The number of thiophene rings is 1. The van der Waals surface area contributed by atoms with E-state index in [2.05, 4.69) is 16.4 Å². The lowest BCUT2D eigenvalue weighted by Crippen LogP contribution is -2.29. The van der Waals surface area contributed by atoms with Crippen LogP contribution in [0.2, 0.25) is 0 Å². The number of hydrogen-bond donors (Lipinski definition) is 1. The van der Waals surface area contributed by atoms with Crippen LogP contribution in [0.3, 0.4) is 0 Å². The van der Waals surface area contributed by atoms with Gasteiger partial charge in [0.25, 0.3) is 5.91 Å². The van der Waals surface area contributed by atoms with Crippen molar-refractivity contribution in [2.24, 2.45) is 0 Å². The first-order valence-corrected chi connectivity index (χ1v) is 11.5. The van der Waals surface area contributed by atoms with E-state index in [9.17, 15) is 14.9 Å². The van der Waals surface area contributed by atoms with E-state index >= 15 is 0 Å². The summed E-state index contributed by atoms with van der Waals surface area (Å²) in [6.45, 7) is 1.51. The summed E-state index contributed by atoms with van der Waals surface area (Å²) in [7, 11) is 0. The molecule has 2 heterocycles. The number of para-hydroxylation sites is 1. The van der Waals surface area contributed by atoms with Gasteiger partial charge < -0.3 is 10.1 Å². The number of hydrogen-bond acceptors (Lipinski definition) is 6. The zero-order valence-electron chi connectivity index (χ0n) is 17.8. The third kappa shape index (κ3) is 4.87. The van der Waals surface area contributed by atoms with Crippen LogP contribution >= 0.6 is 11.3 Å². The van der Waals surface area contributed by atoms with Crippen molar-refractivity contribution in [2.75, 3.05) is 5.32 Å². The number of aryl methyl sites for hydroxylation is 1. The summed E-state index contributed by atoms with van der Waals surface area (Å²) >= 11 is 1.46. The first-order valence-electron chi connectivity index (χ1n) is 10.6. The molecule has 1 atom stereocenters. The van der Waals surface area contributed by atoms with Crippen molar-refractivity contribution >= 4 is 45.2 Å². The molecule has 1 amide bonds. The number of benzene rings is 1. The number of esters is 1. The number of aromatic nitrogens is 1. The van der Waals surface area contributed by atoms with E-state index in [1.165, 1.54) is 29.2 Å². The second-order valence-corrected chi connectivity index (χ2v) is 8.82. The molecule has 2 aromatic heterocycles. The summed E-state index contributed by atoms with van der Waals surface area (Å²) < 4.78 is 5.25. The third-order valence-electron chi connectivity index (χ3n) is 5.44. The molecule has 162 valence electrons. The molecular weight excluding hydrogens is 422 g/mol. The fourth-order valence-corrected chi connectivity index (χ4v) is 5.00. The van der Waals surface area contributed by atoms with Gasteiger partial charge in [-0.15, -0.1) is 11.3 Å². The van der Waals surface area contributed by atoms with Gasteiger partial charge in [-0.3, -0.25) is 4.79 Å². The molecule has 1 aliphatic rings. The second-order valence-electron chi connectivity index (χ2n) is 7.71. The predicted molar refractivity (Wildman–Crippen MR) is 125 cm³/mol. The van der Waals surface area contributed by atoms with Gasteiger partial charge in [-0.1, -0.05) is 30.7 Å². The van der Waals surface area contributed by atoms with Crippen LogP contribution in [0.15, 0.2) is 42.5 Å². The lowest BCUT2D eigenvalue weighted by Gasteiger charge is -2.11. The van der Waals surface area contributed by atoms with Crippen LogP contribution in [-0.2, 0) is 27.2 Å². The van der Waals surface area contributed by atoms with Crippen LogP contribution in [0.5, 0.6) is 0 Å². The smallest absolute Gasteiger partial charge is 0.331 e. The van der Waals surface area contributed by atoms with Crippen molar-refractivity contribution in [3.63, 3.8) is 0 Å². The molecule has 4 rings (SSSR count). The SMILES string of the molecule is CC(OC(=O)/C=C/c1ccc2ccccc2n1)C(=O)Nc1sc2c(c1C#N)CCCCC2. The molecule has 0 saturated heterocycles. The number of fused-ring (bicyclic) bond motifs is 2. The first-order chi connectivity index (χ1) is 15.5. The Kier molecular flexibility index (Phi) is 6.62. The van der Waals surface area contributed by atoms with Crippen molar-refractivity contribution in [1.29, 1.82) is 5.26 Å². The Morgan fingerprint density at radius 3 is 2.84 bits per heavy atom. The van der Waals surface area contributed by atoms with E-state index in [1.54, 1.807) is 6.08 Å². The number of carbonyl (C=O) groups excluding carboxylic acids is 2. The summed E-state index contributed by atoms with van der Waals surface area (Å²) in [5.41, 5.74) is 3.05. The zero-order chi connectivity index (χ0) is 22.5. The molecule has 0 fully saturated rings. The van der Waals surface area contributed by atoms with Crippen LogP contribution in [-0.4, -0.2) is 23.0 Å². The fourth-order valence-electron chi connectivity index (χ4n) is 3.76. The number of ether oxygens (including phenoxy) is 1. The highest BCUT2D eigenvalue weighted by Gasteiger charge is 2.23. The first kappa shape index (κ1) is 21.7. The van der Waals surface area contributed by atoms with E-state index in [1.807, 2.05) is 36.4 Å². The quantitative estimate of drug-likeness (QED) is 0.338. The molecule has 1 aliphatic carbocycles. The van der Waals surface area contributed by atoms with E-state index in [4.69, 9.17) is 4.74 Å². The molecule has 0 spiro atoms. The maximum atomic E-state index is 12.6. The van der Waals surface area contributed by atoms with Crippen LogP contribution in [0, 0.1) is 11.3 Å². The summed E-state index contributed by atoms with van der Waals surface area (Å²) in [5.74, 6) is -1.09. The highest BCUT2D eigenvalue weighted by Crippen LogP contribution is 2.37. The van der Waals surface area contributed by atoms with Crippen LogP contribution < -0.4 is 5.32 Å². The number of anilines is 1. The van der Waals surface area contributed by atoms with E-state index in [0.29, 0.717) is 16.3 Å². The predicted octanol–water partition coefficient (Wildman–Crippen LogP) is 5.02. The summed E-state index contributed by atoms with van der Waals surface area (Å²) in [5, 5.41) is 13.9. The molecule has 0 radical (unpaired) electrons. The van der Waals surface area contributed by atoms with Gasteiger partial charge in [-0.25, -0.2) is 9.78 Å². The molecule has 32 heavy (non-hydrogen) atoms. The molecule has 0 aliphatic heterocycles. The van der Waals surface area contributed by atoms with Gasteiger partial charge in [0.2, 0.25) is 0 Å². The summed E-state index contributed by atoms with van der Waals surface area (Å²) in [6.07, 6.45) is 6.92. The molecule has 7 heteroatoms. The van der Waals surface area contributed by atoms with Gasteiger partial charge in [-0.05, 0) is 56.4 Å². The second kappa shape index (κ2) is 9.75. The number of amides is 1. The van der Waals surface area contributed by atoms with Gasteiger partial charge in [0.15, 0.2) is 6.10 Å².